The standard InChI is InChI=1S/C15H21N3O2/c1-15(2,3)11-9-18-14(20)12(11)13(19)17-8-10-4-6-16-7-5-10/h4-7,11-12H,8-9H2,1-3H3,(H,17,19)(H,18,20)/t11-,12-/m1/s1. The molecule has 20 heavy (non-hydrogen) atoms. The molecule has 2 heterocycles. The SMILES string of the molecule is CC(C)(C)[C@@H]1CNC(=O)[C@H]1C(=O)NCc1ccncc1. The van der Waals surface area contributed by atoms with Gasteiger partial charge in [0.25, 0.3) is 0 Å². The molecule has 108 valence electrons. The van der Waals surface area contributed by atoms with Crippen molar-refractivity contribution in [2.75, 3.05) is 6.54 Å². The number of nitrogens with zero attached hydrogens (tertiary/aromatic N) is 1. The van der Waals surface area contributed by atoms with Crippen molar-refractivity contribution in [1.82, 2.24) is 15.6 Å². The monoisotopic (exact) mass is 275 g/mol. The van der Waals surface area contributed by atoms with E-state index in [-0.39, 0.29) is 23.1 Å². The zero-order valence-electron chi connectivity index (χ0n) is 12.1. The Morgan fingerprint density at radius 2 is 2.05 bits per heavy atom. The second-order valence-corrected chi connectivity index (χ2v) is 6.27. The van der Waals surface area contributed by atoms with Gasteiger partial charge in [-0.2, -0.15) is 0 Å². The normalized spacial score (nSPS) is 22.4. The molecule has 1 aromatic rings. The van der Waals surface area contributed by atoms with Gasteiger partial charge in [-0.3, -0.25) is 14.6 Å². The maximum atomic E-state index is 12.3. The maximum Gasteiger partial charge on any atom is 0.233 e. The van der Waals surface area contributed by atoms with Gasteiger partial charge in [0.15, 0.2) is 0 Å². The van der Waals surface area contributed by atoms with Crippen molar-refractivity contribution >= 4 is 11.8 Å². The van der Waals surface area contributed by atoms with Crippen molar-refractivity contribution in [3.8, 4) is 0 Å². The number of nitrogens with one attached hydrogen (secondary N) is 2. The van der Waals surface area contributed by atoms with Crippen LogP contribution in [-0.2, 0) is 16.1 Å². The first-order valence-corrected chi connectivity index (χ1v) is 6.84. The molecule has 2 rings (SSSR count). The maximum absolute atomic E-state index is 12.3. The van der Waals surface area contributed by atoms with Gasteiger partial charge in [0.05, 0.1) is 0 Å². The summed E-state index contributed by atoms with van der Waals surface area (Å²) in [6, 6.07) is 3.69. The van der Waals surface area contributed by atoms with E-state index in [2.05, 4.69) is 36.4 Å². The van der Waals surface area contributed by atoms with Crippen LogP contribution in [-0.4, -0.2) is 23.3 Å². The van der Waals surface area contributed by atoms with Crippen molar-refractivity contribution in [2.45, 2.75) is 27.3 Å². The van der Waals surface area contributed by atoms with E-state index in [0.29, 0.717) is 13.1 Å². The fourth-order valence-electron chi connectivity index (χ4n) is 2.53. The molecule has 0 aliphatic carbocycles. The number of hydrogen-bond donors (Lipinski definition) is 2. The molecular formula is C15H21N3O2. The Morgan fingerprint density at radius 3 is 2.65 bits per heavy atom. The molecule has 5 heteroatoms. The number of amides is 2. The van der Waals surface area contributed by atoms with Crippen molar-refractivity contribution in [3.05, 3.63) is 30.1 Å². The number of carbonyl (C=O) groups excluding carboxylic acids is 2. The first kappa shape index (κ1) is 14.5. The molecule has 1 aliphatic heterocycles. The van der Waals surface area contributed by atoms with Crippen LogP contribution in [0, 0.1) is 17.3 Å². The molecule has 0 radical (unpaired) electrons. The highest BCUT2D eigenvalue weighted by Gasteiger charge is 2.45. The number of aromatic nitrogens is 1. The summed E-state index contributed by atoms with van der Waals surface area (Å²) >= 11 is 0. The highest BCUT2D eigenvalue weighted by Crippen LogP contribution is 2.35. The highest BCUT2D eigenvalue weighted by atomic mass is 16.2. The lowest BCUT2D eigenvalue weighted by Gasteiger charge is -2.29. The van der Waals surface area contributed by atoms with E-state index in [1.165, 1.54) is 0 Å². The van der Waals surface area contributed by atoms with Crippen LogP contribution in [0.4, 0.5) is 0 Å². The lowest BCUT2D eigenvalue weighted by molar-refractivity contribution is -0.135. The predicted molar refractivity (Wildman–Crippen MR) is 75.5 cm³/mol. The zero-order valence-corrected chi connectivity index (χ0v) is 12.1. The Hall–Kier alpha value is -1.91. The van der Waals surface area contributed by atoms with Gasteiger partial charge in [-0.1, -0.05) is 20.8 Å². The fourth-order valence-corrected chi connectivity index (χ4v) is 2.53. The highest BCUT2D eigenvalue weighted by molar-refractivity contribution is 6.02. The Bertz CT molecular complexity index is 494. The van der Waals surface area contributed by atoms with E-state index in [9.17, 15) is 9.59 Å². The predicted octanol–water partition coefficient (Wildman–Crippen LogP) is 1.11. The molecule has 0 spiro atoms. The van der Waals surface area contributed by atoms with E-state index in [0.717, 1.165) is 5.56 Å². The van der Waals surface area contributed by atoms with Crippen LogP contribution in [0.15, 0.2) is 24.5 Å². The van der Waals surface area contributed by atoms with E-state index >= 15 is 0 Å². The largest absolute Gasteiger partial charge is 0.355 e. The molecular weight excluding hydrogens is 254 g/mol. The second kappa shape index (κ2) is 5.61. The number of pyridine rings is 1. The average molecular weight is 275 g/mol. The lowest BCUT2D eigenvalue weighted by atomic mass is 9.74. The summed E-state index contributed by atoms with van der Waals surface area (Å²) in [5, 5.41) is 5.64. The van der Waals surface area contributed by atoms with Crippen molar-refractivity contribution < 1.29 is 9.59 Å². The van der Waals surface area contributed by atoms with Crippen LogP contribution in [0.1, 0.15) is 26.3 Å². The molecule has 0 aromatic carbocycles. The van der Waals surface area contributed by atoms with Crippen LogP contribution in [0.5, 0.6) is 0 Å². The Morgan fingerprint density at radius 1 is 1.40 bits per heavy atom. The molecule has 5 nitrogen and oxygen atoms in total. The van der Waals surface area contributed by atoms with Crippen molar-refractivity contribution in [1.29, 1.82) is 0 Å². The topological polar surface area (TPSA) is 71.1 Å². The minimum atomic E-state index is -0.600. The van der Waals surface area contributed by atoms with Crippen LogP contribution >= 0.6 is 0 Å². The summed E-state index contributed by atoms with van der Waals surface area (Å²) in [7, 11) is 0. The summed E-state index contributed by atoms with van der Waals surface area (Å²) in [4.78, 5) is 28.1. The molecule has 1 fully saturated rings. The minimum Gasteiger partial charge on any atom is -0.355 e. The molecule has 1 aromatic heterocycles. The lowest BCUT2D eigenvalue weighted by Crippen LogP contribution is -2.40. The third-order valence-electron chi connectivity index (χ3n) is 3.79. The Balaban J connectivity index is 2.02. The molecule has 0 saturated carbocycles. The number of hydrogen-bond acceptors (Lipinski definition) is 3. The minimum absolute atomic E-state index is 0.0208. The van der Waals surface area contributed by atoms with Gasteiger partial charge < -0.3 is 10.6 Å². The summed E-state index contributed by atoms with van der Waals surface area (Å²) < 4.78 is 0. The first-order chi connectivity index (χ1) is 9.39. The zero-order chi connectivity index (χ0) is 14.8. The summed E-state index contributed by atoms with van der Waals surface area (Å²) in [5.74, 6) is -0.946. The van der Waals surface area contributed by atoms with Gasteiger partial charge >= 0.3 is 0 Å². The van der Waals surface area contributed by atoms with Gasteiger partial charge in [-0.25, -0.2) is 0 Å². The first-order valence-electron chi connectivity index (χ1n) is 6.84. The Kier molecular flexibility index (Phi) is 4.06. The third kappa shape index (κ3) is 3.15. The summed E-state index contributed by atoms with van der Waals surface area (Å²) in [5.41, 5.74) is 0.886. The Labute approximate surface area is 119 Å². The quantitative estimate of drug-likeness (QED) is 0.812. The molecule has 0 unspecified atom stereocenters. The average Bonchev–Trinajstić information content (AvgIpc) is 2.79. The van der Waals surface area contributed by atoms with Crippen molar-refractivity contribution in [2.24, 2.45) is 17.3 Å². The van der Waals surface area contributed by atoms with Crippen LogP contribution in [0.2, 0.25) is 0 Å². The molecule has 1 saturated heterocycles. The molecule has 2 N–H and O–H groups in total. The van der Waals surface area contributed by atoms with E-state index in [1.807, 2.05) is 12.1 Å². The molecule has 2 amide bonds. The molecule has 2 atom stereocenters. The van der Waals surface area contributed by atoms with E-state index in [4.69, 9.17) is 0 Å². The van der Waals surface area contributed by atoms with E-state index in [1.54, 1.807) is 12.4 Å². The van der Waals surface area contributed by atoms with Gasteiger partial charge in [-0.15, -0.1) is 0 Å². The molecule has 0 bridgehead atoms. The van der Waals surface area contributed by atoms with Crippen LogP contribution in [0.3, 0.4) is 0 Å². The second-order valence-electron chi connectivity index (χ2n) is 6.27. The van der Waals surface area contributed by atoms with Crippen LogP contribution in [0.25, 0.3) is 0 Å². The third-order valence-corrected chi connectivity index (χ3v) is 3.79. The van der Waals surface area contributed by atoms with Gasteiger partial charge in [0.2, 0.25) is 11.8 Å². The van der Waals surface area contributed by atoms with Gasteiger partial charge in [0.1, 0.15) is 5.92 Å². The fraction of sp³-hybridized carbons (Fsp3) is 0.533. The summed E-state index contributed by atoms with van der Waals surface area (Å²) in [6.07, 6.45) is 3.36. The van der Waals surface area contributed by atoms with Gasteiger partial charge in [-0.05, 0) is 23.1 Å². The van der Waals surface area contributed by atoms with E-state index < -0.39 is 5.92 Å². The number of carbonyl (C=O) groups is 2. The number of rotatable bonds is 3. The smallest absolute Gasteiger partial charge is 0.233 e. The van der Waals surface area contributed by atoms with Crippen molar-refractivity contribution in [3.63, 3.8) is 0 Å². The summed E-state index contributed by atoms with van der Waals surface area (Å²) in [6.45, 7) is 7.15. The molecule has 1 aliphatic rings. The van der Waals surface area contributed by atoms with Gasteiger partial charge in [0, 0.05) is 31.4 Å². The van der Waals surface area contributed by atoms with Crippen LogP contribution < -0.4 is 10.6 Å².